The molecule has 0 atom stereocenters. The first-order chi connectivity index (χ1) is 17.5. The number of carbonyl (C=O) groups excluding carboxylic acids is 1. The van der Waals surface area contributed by atoms with Crippen LogP contribution in [-0.4, -0.2) is 111 Å². The van der Waals surface area contributed by atoms with Crippen LogP contribution >= 0.6 is 0 Å². The molecule has 194 valence electrons. The number of hydrogen-bond acceptors (Lipinski definition) is 10. The van der Waals surface area contributed by atoms with Gasteiger partial charge < -0.3 is 29.4 Å². The number of nitrogens with zero attached hydrogens (tertiary/aromatic N) is 6. The van der Waals surface area contributed by atoms with Gasteiger partial charge in [0.05, 0.1) is 32.1 Å². The van der Waals surface area contributed by atoms with E-state index >= 15 is 0 Å². The Kier molecular flexibility index (Phi) is 9.04. The van der Waals surface area contributed by atoms with Crippen molar-refractivity contribution in [2.24, 2.45) is 5.10 Å². The Hall–Kier alpha value is -3.28. The van der Waals surface area contributed by atoms with Crippen molar-refractivity contribution in [2.75, 3.05) is 90.1 Å². The fourth-order valence-electron chi connectivity index (χ4n) is 3.99. The Morgan fingerprint density at radius 2 is 1.81 bits per heavy atom. The first-order valence-electron chi connectivity index (χ1n) is 12.3. The number of aromatic nitrogens is 2. The lowest BCUT2D eigenvalue weighted by molar-refractivity contribution is 0.0320. The van der Waals surface area contributed by atoms with E-state index in [1.807, 2.05) is 50.2 Å². The van der Waals surface area contributed by atoms with Gasteiger partial charge in [-0.2, -0.15) is 10.1 Å². The molecular weight excluding hydrogens is 462 g/mol. The van der Waals surface area contributed by atoms with Gasteiger partial charge in [-0.25, -0.2) is 4.98 Å². The van der Waals surface area contributed by atoms with Gasteiger partial charge in [0.15, 0.2) is 0 Å². The van der Waals surface area contributed by atoms with Crippen LogP contribution in [0.5, 0.6) is 5.88 Å². The standard InChI is InChI=1S/C25H35N7O4/c1-19(29-30(2)3)20-5-4-6-21(17-20)26-24(33)22-18-23(36-16-9-31-7-12-34-13-8-31)28-25(27-22)32-10-14-35-15-11-32/h4-6,17-18H,7-16H2,1-3H3,(H,26,33)/b29-19-. The summed E-state index contributed by atoms with van der Waals surface area (Å²) in [5.74, 6) is 0.520. The number of rotatable bonds is 9. The second-order valence-electron chi connectivity index (χ2n) is 8.86. The summed E-state index contributed by atoms with van der Waals surface area (Å²) in [6.45, 7) is 8.91. The number of nitrogens with one attached hydrogen (secondary N) is 1. The van der Waals surface area contributed by atoms with E-state index in [1.165, 1.54) is 0 Å². The van der Waals surface area contributed by atoms with Crippen LogP contribution in [-0.2, 0) is 9.47 Å². The van der Waals surface area contributed by atoms with Gasteiger partial charge in [0.1, 0.15) is 12.3 Å². The molecule has 2 aliphatic rings. The lowest BCUT2D eigenvalue weighted by Gasteiger charge is -2.27. The summed E-state index contributed by atoms with van der Waals surface area (Å²) in [7, 11) is 3.74. The minimum atomic E-state index is -0.329. The number of amides is 1. The quantitative estimate of drug-likeness (QED) is 0.408. The van der Waals surface area contributed by atoms with Gasteiger partial charge in [-0.15, -0.1) is 0 Å². The summed E-state index contributed by atoms with van der Waals surface area (Å²) in [4.78, 5) is 26.7. The van der Waals surface area contributed by atoms with E-state index in [0.717, 1.165) is 44.1 Å². The average molecular weight is 498 g/mol. The van der Waals surface area contributed by atoms with Crippen LogP contribution in [0, 0.1) is 0 Å². The number of carbonyl (C=O) groups is 1. The third-order valence-electron chi connectivity index (χ3n) is 5.87. The summed E-state index contributed by atoms with van der Waals surface area (Å²) < 4.78 is 16.8. The topological polar surface area (TPSA) is 105 Å². The molecule has 0 saturated carbocycles. The molecule has 11 heteroatoms. The molecule has 2 aromatic rings. The van der Waals surface area contributed by atoms with Gasteiger partial charge in [-0.1, -0.05) is 12.1 Å². The predicted octanol–water partition coefficient (Wildman–Crippen LogP) is 1.56. The van der Waals surface area contributed by atoms with E-state index in [1.54, 1.807) is 11.1 Å². The van der Waals surface area contributed by atoms with Crippen molar-refractivity contribution in [3.8, 4) is 5.88 Å². The smallest absolute Gasteiger partial charge is 0.274 e. The molecule has 0 aliphatic carbocycles. The minimum absolute atomic E-state index is 0.247. The molecule has 1 amide bonds. The third kappa shape index (κ3) is 7.36. The molecule has 2 aliphatic heterocycles. The van der Waals surface area contributed by atoms with Crippen LogP contribution < -0.4 is 15.0 Å². The average Bonchev–Trinajstić information content (AvgIpc) is 2.89. The van der Waals surface area contributed by atoms with Crippen LogP contribution in [0.25, 0.3) is 0 Å². The predicted molar refractivity (Wildman–Crippen MR) is 138 cm³/mol. The Bertz CT molecular complexity index is 1050. The molecule has 1 aromatic heterocycles. The molecule has 11 nitrogen and oxygen atoms in total. The summed E-state index contributed by atoms with van der Waals surface area (Å²) in [5, 5.41) is 9.14. The second kappa shape index (κ2) is 12.6. The molecule has 0 radical (unpaired) electrons. The Balaban J connectivity index is 1.49. The van der Waals surface area contributed by atoms with E-state index in [-0.39, 0.29) is 11.6 Å². The Labute approximate surface area is 212 Å². The molecule has 2 saturated heterocycles. The van der Waals surface area contributed by atoms with Crippen molar-refractivity contribution in [3.63, 3.8) is 0 Å². The van der Waals surface area contributed by atoms with E-state index in [9.17, 15) is 4.79 Å². The highest BCUT2D eigenvalue weighted by Crippen LogP contribution is 2.19. The molecule has 0 bridgehead atoms. The summed E-state index contributed by atoms with van der Waals surface area (Å²) >= 11 is 0. The summed E-state index contributed by atoms with van der Waals surface area (Å²) in [5.41, 5.74) is 2.68. The van der Waals surface area contributed by atoms with Crippen LogP contribution in [0.1, 0.15) is 23.0 Å². The minimum Gasteiger partial charge on any atom is -0.476 e. The zero-order chi connectivity index (χ0) is 25.3. The number of ether oxygens (including phenoxy) is 3. The fourth-order valence-corrected chi connectivity index (χ4v) is 3.99. The second-order valence-corrected chi connectivity index (χ2v) is 8.86. The van der Waals surface area contributed by atoms with Crippen molar-refractivity contribution in [2.45, 2.75) is 6.92 Å². The van der Waals surface area contributed by atoms with Gasteiger partial charge in [-0.3, -0.25) is 9.69 Å². The number of hydrazone groups is 1. The van der Waals surface area contributed by atoms with Gasteiger partial charge in [0.2, 0.25) is 11.8 Å². The van der Waals surface area contributed by atoms with Crippen LogP contribution in [0.2, 0.25) is 0 Å². The summed E-state index contributed by atoms with van der Waals surface area (Å²) in [6.07, 6.45) is 0. The van der Waals surface area contributed by atoms with Crippen molar-refractivity contribution in [1.29, 1.82) is 0 Å². The molecule has 4 rings (SSSR count). The van der Waals surface area contributed by atoms with E-state index < -0.39 is 0 Å². The highest BCUT2D eigenvalue weighted by molar-refractivity contribution is 6.04. The van der Waals surface area contributed by atoms with Crippen LogP contribution in [0.15, 0.2) is 35.4 Å². The molecule has 2 fully saturated rings. The fraction of sp³-hybridized carbons (Fsp3) is 0.520. The maximum atomic E-state index is 13.2. The number of benzene rings is 1. The van der Waals surface area contributed by atoms with Crippen LogP contribution in [0.3, 0.4) is 0 Å². The SMILES string of the molecule is C/C(=N/N(C)C)c1cccc(NC(=O)c2cc(OCCN3CCOCC3)nc(N3CCOCC3)n2)c1. The van der Waals surface area contributed by atoms with E-state index in [4.69, 9.17) is 14.2 Å². The molecule has 3 heterocycles. The molecule has 1 N–H and O–H groups in total. The van der Waals surface area contributed by atoms with Gasteiger partial charge in [0, 0.05) is 58.6 Å². The first-order valence-corrected chi connectivity index (χ1v) is 12.3. The Morgan fingerprint density at radius 1 is 1.08 bits per heavy atom. The molecule has 0 spiro atoms. The van der Waals surface area contributed by atoms with Gasteiger partial charge in [0.25, 0.3) is 5.91 Å². The van der Waals surface area contributed by atoms with Crippen molar-refractivity contribution in [1.82, 2.24) is 19.9 Å². The van der Waals surface area contributed by atoms with Gasteiger partial charge in [-0.05, 0) is 24.6 Å². The maximum Gasteiger partial charge on any atom is 0.274 e. The first kappa shape index (κ1) is 25.8. The van der Waals surface area contributed by atoms with Crippen molar-refractivity contribution < 1.29 is 19.0 Å². The number of hydrogen-bond donors (Lipinski definition) is 1. The normalized spacial score (nSPS) is 17.1. The van der Waals surface area contributed by atoms with Gasteiger partial charge >= 0.3 is 0 Å². The molecule has 0 unspecified atom stereocenters. The van der Waals surface area contributed by atoms with E-state index in [2.05, 4.69) is 25.3 Å². The highest BCUT2D eigenvalue weighted by Gasteiger charge is 2.20. The lowest BCUT2D eigenvalue weighted by Crippen LogP contribution is -2.39. The Morgan fingerprint density at radius 3 is 2.53 bits per heavy atom. The number of anilines is 2. The largest absolute Gasteiger partial charge is 0.476 e. The highest BCUT2D eigenvalue weighted by atomic mass is 16.5. The zero-order valence-electron chi connectivity index (χ0n) is 21.3. The molecule has 1 aromatic carbocycles. The molecular formula is C25H35N7O4. The third-order valence-corrected chi connectivity index (χ3v) is 5.87. The lowest BCUT2D eigenvalue weighted by atomic mass is 10.1. The monoisotopic (exact) mass is 497 g/mol. The maximum absolute atomic E-state index is 13.2. The zero-order valence-corrected chi connectivity index (χ0v) is 21.3. The van der Waals surface area contributed by atoms with Crippen molar-refractivity contribution >= 4 is 23.3 Å². The summed E-state index contributed by atoms with van der Waals surface area (Å²) in [6, 6.07) is 9.18. The van der Waals surface area contributed by atoms with Crippen molar-refractivity contribution in [3.05, 3.63) is 41.6 Å². The van der Waals surface area contributed by atoms with Crippen LogP contribution in [0.4, 0.5) is 11.6 Å². The number of morpholine rings is 2. The molecule has 36 heavy (non-hydrogen) atoms. The van der Waals surface area contributed by atoms with E-state index in [0.29, 0.717) is 50.4 Å².